The molecular formula is C17H24N2O5. The molecule has 0 spiro atoms. The van der Waals surface area contributed by atoms with Gasteiger partial charge >= 0.3 is 12.1 Å². The first-order valence-electron chi connectivity index (χ1n) is 7.85. The predicted octanol–water partition coefficient (Wildman–Crippen LogP) is 1.92. The third kappa shape index (κ3) is 6.28. The van der Waals surface area contributed by atoms with Crippen LogP contribution in [0.2, 0.25) is 0 Å². The summed E-state index contributed by atoms with van der Waals surface area (Å²) in [4.78, 5) is 35.0. The van der Waals surface area contributed by atoms with Crippen molar-refractivity contribution in [3.63, 3.8) is 0 Å². The SMILES string of the molecule is CCC(C)C(NC(=O)C(C)NC(=O)OCc1ccccc1)C(=O)O. The lowest BCUT2D eigenvalue weighted by Gasteiger charge is -2.22. The average molecular weight is 336 g/mol. The van der Waals surface area contributed by atoms with E-state index in [4.69, 9.17) is 4.74 Å². The van der Waals surface area contributed by atoms with Crippen LogP contribution in [-0.4, -0.2) is 35.2 Å². The van der Waals surface area contributed by atoms with E-state index in [1.54, 1.807) is 6.92 Å². The van der Waals surface area contributed by atoms with E-state index >= 15 is 0 Å². The first-order chi connectivity index (χ1) is 11.3. The topological polar surface area (TPSA) is 105 Å². The summed E-state index contributed by atoms with van der Waals surface area (Å²) in [5.74, 6) is -1.89. The van der Waals surface area contributed by atoms with Gasteiger partial charge in [0, 0.05) is 0 Å². The largest absolute Gasteiger partial charge is 0.480 e. The Hall–Kier alpha value is -2.57. The smallest absolute Gasteiger partial charge is 0.408 e. The highest BCUT2D eigenvalue weighted by atomic mass is 16.5. The minimum atomic E-state index is -1.10. The zero-order valence-electron chi connectivity index (χ0n) is 14.1. The number of rotatable bonds is 8. The van der Waals surface area contributed by atoms with Crippen LogP contribution in [0.4, 0.5) is 4.79 Å². The Balaban J connectivity index is 2.47. The lowest BCUT2D eigenvalue weighted by Crippen LogP contribution is -2.52. The van der Waals surface area contributed by atoms with Gasteiger partial charge in [0.1, 0.15) is 18.7 Å². The van der Waals surface area contributed by atoms with E-state index in [2.05, 4.69) is 10.6 Å². The Kier molecular flexibility index (Phi) is 7.74. The number of aliphatic carboxylic acids is 1. The summed E-state index contributed by atoms with van der Waals surface area (Å²) in [5.41, 5.74) is 0.826. The van der Waals surface area contributed by atoms with Crippen LogP contribution in [0.3, 0.4) is 0 Å². The van der Waals surface area contributed by atoms with Crippen molar-refractivity contribution in [2.75, 3.05) is 0 Å². The maximum atomic E-state index is 12.0. The number of hydrogen-bond donors (Lipinski definition) is 3. The fourth-order valence-electron chi connectivity index (χ4n) is 1.97. The van der Waals surface area contributed by atoms with Gasteiger partial charge in [-0.25, -0.2) is 9.59 Å². The number of carboxylic acids is 1. The number of nitrogens with one attached hydrogen (secondary N) is 2. The molecule has 0 saturated heterocycles. The molecule has 1 aromatic carbocycles. The molecule has 132 valence electrons. The highest BCUT2D eigenvalue weighted by Gasteiger charge is 2.27. The van der Waals surface area contributed by atoms with E-state index in [-0.39, 0.29) is 12.5 Å². The maximum Gasteiger partial charge on any atom is 0.408 e. The Morgan fingerprint density at radius 3 is 2.29 bits per heavy atom. The van der Waals surface area contributed by atoms with Crippen LogP contribution in [0.25, 0.3) is 0 Å². The van der Waals surface area contributed by atoms with Crippen LogP contribution in [0.15, 0.2) is 30.3 Å². The molecule has 7 heteroatoms. The second-order valence-electron chi connectivity index (χ2n) is 5.64. The van der Waals surface area contributed by atoms with E-state index in [0.29, 0.717) is 6.42 Å². The van der Waals surface area contributed by atoms with Crippen LogP contribution in [0, 0.1) is 5.92 Å². The number of carbonyl (C=O) groups is 3. The molecule has 0 fully saturated rings. The van der Waals surface area contributed by atoms with E-state index in [1.807, 2.05) is 37.3 Å². The number of carbonyl (C=O) groups excluding carboxylic acids is 2. The first kappa shape index (κ1) is 19.5. The lowest BCUT2D eigenvalue weighted by atomic mass is 9.99. The number of amides is 2. The molecule has 0 radical (unpaired) electrons. The molecule has 1 aromatic rings. The summed E-state index contributed by atoms with van der Waals surface area (Å²) < 4.78 is 5.02. The summed E-state index contributed by atoms with van der Waals surface area (Å²) in [6, 6.07) is 7.24. The Morgan fingerprint density at radius 2 is 1.75 bits per heavy atom. The number of alkyl carbamates (subject to hydrolysis) is 1. The molecule has 7 nitrogen and oxygen atoms in total. The van der Waals surface area contributed by atoms with Crippen molar-refractivity contribution in [1.82, 2.24) is 10.6 Å². The standard InChI is InChI=1S/C17H24N2O5/c1-4-11(2)14(16(21)22)19-15(20)12(3)18-17(23)24-10-13-8-6-5-7-9-13/h5-9,11-12,14H,4,10H2,1-3H3,(H,18,23)(H,19,20)(H,21,22). The number of carboxylic acid groups (broad SMARTS) is 1. The van der Waals surface area contributed by atoms with Crippen LogP contribution in [0.5, 0.6) is 0 Å². The van der Waals surface area contributed by atoms with Crippen molar-refractivity contribution in [1.29, 1.82) is 0 Å². The highest BCUT2D eigenvalue weighted by Crippen LogP contribution is 2.08. The van der Waals surface area contributed by atoms with E-state index < -0.39 is 30.1 Å². The van der Waals surface area contributed by atoms with Crippen molar-refractivity contribution in [2.45, 2.75) is 45.9 Å². The third-order valence-electron chi connectivity index (χ3n) is 3.72. The van der Waals surface area contributed by atoms with E-state index in [1.165, 1.54) is 6.92 Å². The lowest BCUT2D eigenvalue weighted by molar-refractivity contribution is -0.143. The van der Waals surface area contributed by atoms with Crippen LogP contribution >= 0.6 is 0 Å². The van der Waals surface area contributed by atoms with Crippen LogP contribution in [0.1, 0.15) is 32.8 Å². The highest BCUT2D eigenvalue weighted by molar-refractivity contribution is 5.89. The van der Waals surface area contributed by atoms with Gasteiger partial charge in [-0.05, 0) is 18.4 Å². The van der Waals surface area contributed by atoms with Crippen molar-refractivity contribution in [3.05, 3.63) is 35.9 Å². The monoisotopic (exact) mass is 336 g/mol. The summed E-state index contributed by atoms with van der Waals surface area (Å²) in [5, 5.41) is 14.0. The van der Waals surface area contributed by atoms with Gasteiger partial charge in [0.2, 0.25) is 5.91 Å². The molecule has 0 aromatic heterocycles. The second kappa shape index (κ2) is 9.54. The Bertz CT molecular complexity index is 561. The van der Waals surface area contributed by atoms with Gasteiger partial charge in [-0.15, -0.1) is 0 Å². The molecule has 0 bridgehead atoms. The third-order valence-corrected chi connectivity index (χ3v) is 3.72. The van der Waals surface area contributed by atoms with Crippen molar-refractivity contribution in [2.24, 2.45) is 5.92 Å². The van der Waals surface area contributed by atoms with Gasteiger partial charge in [0.05, 0.1) is 0 Å². The van der Waals surface area contributed by atoms with Gasteiger partial charge < -0.3 is 20.5 Å². The molecule has 0 aliphatic heterocycles. The molecule has 0 aliphatic carbocycles. The summed E-state index contributed by atoms with van der Waals surface area (Å²) in [6.07, 6.45) is -0.130. The second-order valence-corrected chi connectivity index (χ2v) is 5.64. The fourth-order valence-corrected chi connectivity index (χ4v) is 1.97. The molecular weight excluding hydrogens is 312 g/mol. The first-order valence-corrected chi connectivity index (χ1v) is 7.85. The van der Waals surface area contributed by atoms with Crippen molar-refractivity contribution < 1.29 is 24.2 Å². The molecule has 3 unspecified atom stereocenters. The van der Waals surface area contributed by atoms with E-state index in [9.17, 15) is 19.5 Å². The van der Waals surface area contributed by atoms with Gasteiger partial charge in [-0.1, -0.05) is 50.6 Å². The van der Waals surface area contributed by atoms with Gasteiger partial charge in [-0.2, -0.15) is 0 Å². The molecule has 24 heavy (non-hydrogen) atoms. The molecule has 2 amide bonds. The minimum absolute atomic E-state index is 0.0889. The Labute approximate surface area is 141 Å². The fraction of sp³-hybridized carbons (Fsp3) is 0.471. The van der Waals surface area contributed by atoms with Crippen LogP contribution in [-0.2, 0) is 20.9 Å². The number of ether oxygens (including phenoxy) is 1. The molecule has 0 saturated carbocycles. The van der Waals surface area contributed by atoms with Crippen molar-refractivity contribution >= 4 is 18.0 Å². The van der Waals surface area contributed by atoms with Gasteiger partial charge in [0.25, 0.3) is 0 Å². The summed E-state index contributed by atoms with van der Waals surface area (Å²) in [6.45, 7) is 5.14. The van der Waals surface area contributed by atoms with Crippen molar-refractivity contribution in [3.8, 4) is 0 Å². The predicted molar refractivity (Wildman–Crippen MR) is 88.2 cm³/mol. The van der Waals surface area contributed by atoms with E-state index in [0.717, 1.165) is 5.56 Å². The molecule has 3 atom stereocenters. The quantitative estimate of drug-likeness (QED) is 0.673. The number of hydrogen-bond acceptors (Lipinski definition) is 4. The minimum Gasteiger partial charge on any atom is -0.480 e. The Morgan fingerprint density at radius 1 is 1.12 bits per heavy atom. The normalized spacial score (nSPS) is 14.1. The van der Waals surface area contributed by atoms with Gasteiger partial charge in [-0.3, -0.25) is 4.79 Å². The molecule has 0 aliphatic rings. The maximum absolute atomic E-state index is 12.0. The van der Waals surface area contributed by atoms with Gasteiger partial charge in [0.15, 0.2) is 0 Å². The zero-order valence-corrected chi connectivity index (χ0v) is 14.1. The average Bonchev–Trinajstić information content (AvgIpc) is 2.57. The molecule has 1 rings (SSSR count). The number of benzene rings is 1. The summed E-state index contributed by atoms with van der Waals surface area (Å²) >= 11 is 0. The molecule has 0 heterocycles. The molecule has 3 N–H and O–H groups in total. The zero-order chi connectivity index (χ0) is 18.1. The summed E-state index contributed by atoms with van der Waals surface area (Å²) in [7, 11) is 0. The van der Waals surface area contributed by atoms with Crippen LogP contribution < -0.4 is 10.6 Å².